The van der Waals surface area contributed by atoms with Gasteiger partial charge in [-0.1, -0.05) is 17.7 Å². The van der Waals surface area contributed by atoms with E-state index in [0.717, 1.165) is 0 Å². The molecule has 0 aliphatic carbocycles. The number of nitrogens with zero attached hydrogens (tertiary/aromatic N) is 1. The maximum atomic E-state index is 12.0. The van der Waals surface area contributed by atoms with Gasteiger partial charge in [-0.3, -0.25) is 14.9 Å². The molecule has 1 aromatic rings. The third-order valence-electron chi connectivity index (χ3n) is 3.37. The van der Waals surface area contributed by atoms with Crippen LogP contribution in [-0.2, 0) is 9.84 Å². The molecule has 9 heteroatoms. The highest BCUT2D eigenvalue weighted by atomic mass is 35.5. The van der Waals surface area contributed by atoms with Gasteiger partial charge in [-0.25, -0.2) is 8.42 Å². The van der Waals surface area contributed by atoms with Crippen molar-refractivity contribution in [1.82, 2.24) is 5.32 Å². The Labute approximate surface area is 126 Å². The first-order valence-corrected chi connectivity index (χ1v) is 8.35. The molecular weight excluding hydrogens is 320 g/mol. The van der Waals surface area contributed by atoms with Crippen molar-refractivity contribution in [2.75, 3.05) is 12.3 Å². The Morgan fingerprint density at radius 3 is 2.76 bits per heavy atom. The first-order valence-electron chi connectivity index (χ1n) is 6.25. The first kappa shape index (κ1) is 15.7. The van der Waals surface area contributed by atoms with Crippen LogP contribution in [0.2, 0.25) is 5.02 Å². The largest absolute Gasteiger partial charge is 0.351 e. The van der Waals surface area contributed by atoms with Crippen LogP contribution < -0.4 is 5.32 Å². The van der Waals surface area contributed by atoms with E-state index >= 15 is 0 Å². The topological polar surface area (TPSA) is 106 Å². The number of halogens is 1. The summed E-state index contributed by atoms with van der Waals surface area (Å²) < 4.78 is 23.3. The maximum absolute atomic E-state index is 12.0. The minimum absolute atomic E-state index is 0.0137. The number of nitro benzene ring substituents is 1. The number of hydrogen-bond acceptors (Lipinski definition) is 5. The lowest BCUT2D eigenvalue weighted by Gasteiger charge is -2.11. The average Bonchev–Trinajstić information content (AvgIpc) is 2.75. The Bertz CT molecular complexity index is 689. The summed E-state index contributed by atoms with van der Waals surface area (Å²) in [6, 6.07) is 3.90. The molecular formula is C12H13ClN2O5S. The zero-order valence-electron chi connectivity index (χ0n) is 10.9. The second kappa shape index (κ2) is 5.98. The van der Waals surface area contributed by atoms with Gasteiger partial charge in [0, 0.05) is 12.6 Å². The number of carbonyl (C=O) groups excluding carboxylic acids is 1. The predicted octanol–water partition coefficient (Wildman–Crippen LogP) is 1.56. The van der Waals surface area contributed by atoms with Crippen LogP contribution in [-0.4, -0.2) is 36.8 Å². The Kier molecular flexibility index (Phi) is 4.48. The molecule has 1 N–H and O–H groups in total. The molecule has 0 bridgehead atoms. The molecule has 7 nitrogen and oxygen atoms in total. The molecule has 0 saturated carbocycles. The summed E-state index contributed by atoms with van der Waals surface area (Å²) in [6.45, 7) is -0.0137. The molecule has 0 radical (unpaired) electrons. The number of rotatable bonds is 4. The zero-order valence-corrected chi connectivity index (χ0v) is 12.5. The molecule has 1 saturated heterocycles. The van der Waals surface area contributed by atoms with Crippen molar-refractivity contribution >= 4 is 33.0 Å². The van der Waals surface area contributed by atoms with Crippen molar-refractivity contribution in [3.05, 3.63) is 38.9 Å². The lowest BCUT2D eigenvalue weighted by molar-refractivity contribution is -0.384. The van der Waals surface area contributed by atoms with Gasteiger partial charge in [0.25, 0.3) is 11.6 Å². The fourth-order valence-corrected chi connectivity index (χ4v) is 4.27. The van der Waals surface area contributed by atoms with Crippen LogP contribution in [0, 0.1) is 10.1 Å². The van der Waals surface area contributed by atoms with Gasteiger partial charge in [-0.05, 0) is 18.9 Å². The SMILES string of the molecule is O=C(NCC1CCCS1(=O)=O)c1cccc([N+](=O)[O-])c1Cl. The fraction of sp³-hybridized carbons (Fsp3) is 0.417. The van der Waals surface area contributed by atoms with E-state index in [4.69, 9.17) is 11.6 Å². The molecule has 1 heterocycles. The first-order chi connectivity index (χ1) is 9.83. The third kappa shape index (κ3) is 3.33. The molecule has 2 rings (SSSR count). The van der Waals surface area contributed by atoms with Crippen LogP contribution in [0.15, 0.2) is 18.2 Å². The van der Waals surface area contributed by atoms with Gasteiger partial charge in [0.05, 0.1) is 21.5 Å². The van der Waals surface area contributed by atoms with Gasteiger partial charge in [-0.2, -0.15) is 0 Å². The Morgan fingerprint density at radius 1 is 1.48 bits per heavy atom. The summed E-state index contributed by atoms with van der Waals surface area (Å²) in [5.74, 6) is -0.490. The van der Waals surface area contributed by atoms with E-state index in [1.54, 1.807) is 0 Å². The van der Waals surface area contributed by atoms with Gasteiger partial charge >= 0.3 is 0 Å². The second-order valence-electron chi connectivity index (χ2n) is 4.74. The summed E-state index contributed by atoms with van der Waals surface area (Å²) in [6.07, 6.45) is 1.09. The maximum Gasteiger partial charge on any atom is 0.288 e. The fourth-order valence-electron chi connectivity index (χ4n) is 2.23. The van der Waals surface area contributed by atoms with Gasteiger partial charge < -0.3 is 5.32 Å². The summed E-state index contributed by atoms with van der Waals surface area (Å²) in [5, 5.41) is 12.4. The predicted molar refractivity (Wildman–Crippen MR) is 77.2 cm³/mol. The van der Waals surface area contributed by atoms with Crippen LogP contribution in [0.3, 0.4) is 0 Å². The number of nitrogens with one attached hydrogen (secondary N) is 1. The van der Waals surface area contributed by atoms with Crippen LogP contribution in [0.4, 0.5) is 5.69 Å². The normalized spacial score (nSPS) is 20.1. The van der Waals surface area contributed by atoms with Crippen LogP contribution in [0.25, 0.3) is 0 Å². The lowest BCUT2D eigenvalue weighted by atomic mass is 10.2. The summed E-state index contributed by atoms with van der Waals surface area (Å²) >= 11 is 5.83. The monoisotopic (exact) mass is 332 g/mol. The van der Waals surface area contributed by atoms with Crippen LogP contribution in [0.1, 0.15) is 23.2 Å². The van der Waals surface area contributed by atoms with E-state index < -0.39 is 25.9 Å². The number of nitro groups is 1. The van der Waals surface area contributed by atoms with E-state index in [9.17, 15) is 23.3 Å². The van der Waals surface area contributed by atoms with Crippen LogP contribution >= 0.6 is 11.6 Å². The Morgan fingerprint density at radius 2 is 2.19 bits per heavy atom. The molecule has 0 aromatic heterocycles. The molecule has 0 spiro atoms. The third-order valence-corrected chi connectivity index (χ3v) is 6.05. The van der Waals surface area contributed by atoms with Crippen molar-refractivity contribution in [1.29, 1.82) is 0 Å². The van der Waals surface area contributed by atoms with E-state index in [1.807, 2.05) is 0 Å². The number of benzene rings is 1. The van der Waals surface area contributed by atoms with Crippen molar-refractivity contribution in [2.24, 2.45) is 0 Å². The average molecular weight is 333 g/mol. The minimum atomic E-state index is -3.15. The zero-order chi connectivity index (χ0) is 15.6. The molecule has 1 fully saturated rings. The Hall–Kier alpha value is -1.67. The quantitative estimate of drug-likeness (QED) is 0.665. The molecule has 1 aliphatic heterocycles. The summed E-state index contributed by atoms with van der Waals surface area (Å²) in [5.41, 5.74) is -0.404. The van der Waals surface area contributed by atoms with Gasteiger partial charge in [0.1, 0.15) is 5.02 Å². The van der Waals surface area contributed by atoms with E-state index in [1.165, 1.54) is 18.2 Å². The van der Waals surface area contributed by atoms with Gasteiger partial charge in [0.2, 0.25) is 0 Å². The summed E-state index contributed by atoms with van der Waals surface area (Å²) in [4.78, 5) is 22.1. The minimum Gasteiger partial charge on any atom is -0.351 e. The lowest BCUT2D eigenvalue weighted by Crippen LogP contribution is -2.34. The smallest absolute Gasteiger partial charge is 0.288 e. The van der Waals surface area contributed by atoms with Crippen LogP contribution in [0.5, 0.6) is 0 Å². The van der Waals surface area contributed by atoms with Crippen molar-refractivity contribution < 1.29 is 18.1 Å². The molecule has 1 amide bonds. The summed E-state index contributed by atoms with van der Waals surface area (Å²) in [7, 11) is -3.15. The van der Waals surface area contributed by atoms with Gasteiger partial charge in [-0.15, -0.1) is 0 Å². The molecule has 1 aliphatic rings. The van der Waals surface area contributed by atoms with E-state index in [0.29, 0.717) is 12.8 Å². The van der Waals surface area contributed by atoms with Crippen molar-refractivity contribution in [3.8, 4) is 0 Å². The number of carbonyl (C=O) groups is 1. The Balaban J connectivity index is 2.11. The molecule has 1 atom stereocenters. The van der Waals surface area contributed by atoms with E-state index in [2.05, 4.69) is 5.32 Å². The number of amides is 1. The van der Waals surface area contributed by atoms with Crippen molar-refractivity contribution in [3.63, 3.8) is 0 Å². The van der Waals surface area contributed by atoms with Crippen molar-refractivity contribution in [2.45, 2.75) is 18.1 Å². The second-order valence-corrected chi connectivity index (χ2v) is 7.52. The highest BCUT2D eigenvalue weighted by Gasteiger charge is 2.31. The number of hydrogen-bond donors (Lipinski definition) is 1. The molecule has 21 heavy (non-hydrogen) atoms. The highest BCUT2D eigenvalue weighted by Crippen LogP contribution is 2.27. The van der Waals surface area contributed by atoms with Gasteiger partial charge in [0.15, 0.2) is 9.84 Å². The highest BCUT2D eigenvalue weighted by molar-refractivity contribution is 7.92. The molecule has 1 aromatic carbocycles. The van der Waals surface area contributed by atoms with E-state index in [-0.39, 0.29) is 28.6 Å². The molecule has 1 unspecified atom stereocenters. The molecule has 114 valence electrons. The number of sulfone groups is 1. The standard InChI is InChI=1S/C12H13ClN2O5S/c13-11-9(4-1-5-10(11)15(17)18)12(16)14-7-8-3-2-6-21(8,19)20/h1,4-5,8H,2-3,6-7H2,(H,14,16).